The van der Waals surface area contributed by atoms with Crippen LogP contribution in [0.3, 0.4) is 0 Å². The number of hydrogen-bond donors (Lipinski definition) is 2. The largest absolute Gasteiger partial charge is 0.481 e. The number of nitrogens with one attached hydrogen (secondary N) is 1. The Bertz CT molecular complexity index is 456. The van der Waals surface area contributed by atoms with Gasteiger partial charge in [-0.3, -0.25) is 9.59 Å². The first-order valence-electron chi connectivity index (χ1n) is 6.47. The van der Waals surface area contributed by atoms with Crippen LogP contribution < -0.4 is 5.32 Å². The highest BCUT2D eigenvalue weighted by Gasteiger charge is 2.27. The number of carboxylic acids is 1. The Morgan fingerprint density at radius 1 is 1.30 bits per heavy atom. The molecule has 0 heterocycles. The lowest BCUT2D eigenvalue weighted by atomic mass is 9.89. The van der Waals surface area contributed by atoms with Gasteiger partial charge in [0.05, 0.1) is 5.41 Å². The first-order chi connectivity index (χ1) is 9.38. The van der Waals surface area contributed by atoms with E-state index in [1.807, 2.05) is 30.3 Å². The van der Waals surface area contributed by atoms with Gasteiger partial charge in [0.25, 0.3) is 5.91 Å². The minimum absolute atomic E-state index is 0.264. The molecule has 5 nitrogen and oxygen atoms in total. The topological polar surface area (TPSA) is 75.6 Å². The molecule has 0 spiro atoms. The second-order valence-corrected chi connectivity index (χ2v) is 5.26. The molecule has 0 saturated heterocycles. The van der Waals surface area contributed by atoms with E-state index in [9.17, 15) is 9.59 Å². The maximum absolute atomic E-state index is 12.0. The fourth-order valence-electron chi connectivity index (χ4n) is 1.72. The number of carbonyl (C=O) groups excluding carboxylic acids is 1. The van der Waals surface area contributed by atoms with Crippen molar-refractivity contribution in [1.82, 2.24) is 5.32 Å². The number of methoxy groups -OCH3 is 1. The van der Waals surface area contributed by atoms with Crippen LogP contribution in [0.1, 0.15) is 31.9 Å². The maximum atomic E-state index is 12.0. The predicted octanol–water partition coefficient (Wildman–Crippen LogP) is 1.99. The normalized spacial score (nSPS) is 12.8. The summed E-state index contributed by atoms with van der Waals surface area (Å²) >= 11 is 0. The molecule has 2 N–H and O–H groups in total. The molecule has 1 amide bonds. The molecule has 5 heteroatoms. The lowest BCUT2D eigenvalue weighted by Crippen LogP contribution is -2.35. The molecule has 0 fully saturated rings. The van der Waals surface area contributed by atoms with Crippen LogP contribution >= 0.6 is 0 Å². The van der Waals surface area contributed by atoms with Crippen LogP contribution in [0.15, 0.2) is 30.3 Å². The fourth-order valence-corrected chi connectivity index (χ4v) is 1.72. The molecule has 0 bridgehead atoms. The second kappa shape index (κ2) is 7.05. The zero-order valence-corrected chi connectivity index (χ0v) is 12.1. The molecule has 0 saturated carbocycles. The minimum Gasteiger partial charge on any atom is -0.481 e. The first-order valence-corrected chi connectivity index (χ1v) is 6.47. The summed E-state index contributed by atoms with van der Waals surface area (Å²) in [5.41, 5.74) is -0.0900. The standard InChI is InChI=1S/C15H21NO4/c1-15(2,14(18)19)9-10-16-13(17)12(20-3)11-7-5-4-6-8-11/h4-8,12H,9-10H2,1-3H3,(H,16,17)(H,18,19). The summed E-state index contributed by atoms with van der Waals surface area (Å²) in [7, 11) is 1.47. The SMILES string of the molecule is COC(C(=O)NCCC(C)(C)C(=O)O)c1ccccc1. The third-order valence-corrected chi connectivity index (χ3v) is 3.20. The van der Waals surface area contributed by atoms with Crippen molar-refractivity contribution in [1.29, 1.82) is 0 Å². The van der Waals surface area contributed by atoms with Crippen molar-refractivity contribution < 1.29 is 19.4 Å². The van der Waals surface area contributed by atoms with E-state index in [1.165, 1.54) is 7.11 Å². The molecule has 0 aliphatic carbocycles. The van der Waals surface area contributed by atoms with E-state index in [1.54, 1.807) is 13.8 Å². The number of amides is 1. The summed E-state index contributed by atoms with van der Waals surface area (Å²) in [6.45, 7) is 3.56. The highest BCUT2D eigenvalue weighted by atomic mass is 16.5. The fraction of sp³-hybridized carbons (Fsp3) is 0.467. The third kappa shape index (κ3) is 4.35. The van der Waals surface area contributed by atoms with Gasteiger partial charge in [-0.25, -0.2) is 0 Å². The Kier molecular flexibility index (Phi) is 5.70. The van der Waals surface area contributed by atoms with Gasteiger partial charge in [-0.2, -0.15) is 0 Å². The molecule has 0 aromatic heterocycles. The van der Waals surface area contributed by atoms with Gasteiger partial charge in [-0.05, 0) is 25.8 Å². The van der Waals surface area contributed by atoms with Gasteiger partial charge in [0.15, 0.2) is 6.10 Å². The molecule has 0 radical (unpaired) electrons. The number of carbonyl (C=O) groups is 2. The van der Waals surface area contributed by atoms with E-state index in [2.05, 4.69) is 5.32 Å². The van der Waals surface area contributed by atoms with Crippen LogP contribution in [-0.4, -0.2) is 30.6 Å². The molecule has 110 valence electrons. The molecule has 1 atom stereocenters. The average molecular weight is 279 g/mol. The van der Waals surface area contributed by atoms with Crippen LogP contribution in [0.5, 0.6) is 0 Å². The minimum atomic E-state index is -0.877. The zero-order valence-electron chi connectivity index (χ0n) is 12.1. The predicted molar refractivity (Wildman–Crippen MR) is 75.2 cm³/mol. The molecular formula is C15H21NO4. The van der Waals surface area contributed by atoms with Crippen LogP contribution in [0.25, 0.3) is 0 Å². The monoisotopic (exact) mass is 279 g/mol. The van der Waals surface area contributed by atoms with E-state index in [-0.39, 0.29) is 5.91 Å². The van der Waals surface area contributed by atoms with Gasteiger partial charge in [0.2, 0.25) is 0 Å². The number of rotatable bonds is 7. The molecule has 1 unspecified atom stereocenters. The van der Waals surface area contributed by atoms with E-state index in [0.29, 0.717) is 13.0 Å². The lowest BCUT2D eigenvalue weighted by Gasteiger charge is -2.20. The van der Waals surface area contributed by atoms with Crippen LogP contribution in [0.2, 0.25) is 0 Å². The van der Waals surface area contributed by atoms with E-state index >= 15 is 0 Å². The Hall–Kier alpha value is -1.88. The Morgan fingerprint density at radius 3 is 2.40 bits per heavy atom. The van der Waals surface area contributed by atoms with Crippen molar-refractivity contribution in [2.45, 2.75) is 26.4 Å². The van der Waals surface area contributed by atoms with Crippen molar-refractivity contribution in [2.75, 3.05) is 13.7 Å². The van der Waals surface area contributed by atoms with Gasteiger partial charge in [-0.1, -0.05) is 30.3 Å². The van der Waals surface area contributed by atoms with E-state index in [0.717, 1.165) is 5.56 Å². The maximum Gasteiger partial charge on any atom is 0.309 e. The van der Waals surface area contributed by atoms with E-state index in [4.69, 9.17) is 9.84 Å². The highest BCUT2D eigenvalue weighted by Crippen LogP contribution is 2.20. The summed E-state index contributed by atoms with van der Waals surface area (Å²) < 4.78 is 5.20. The van der Waals surface area contributed by atoms with Crippen LogP contribution in [-0.2, 0) is 14.3 Å². The summed E-state index contributed by atoms with van der Waals surface area (Å²) in [4.78, 5) is 23.0. The van der Waals surface area contributed by atoms with Crippen molar-refractivity contribution in [2.24, 2.45) is 5.41 Å². The number of carboxylic acid groups (broad SMARTS) is 1. The Morgan fingerprint density at radius 2 is 1.90 bits per heavy atom. The Balaban J connectivity index is 2.56. The highest BCUT2D eigenvalue weighted by molar-refractivity contribution is 5.82. The molecule has 1 aromatic carbocycles. The summed E-state index contributed by atoms with van der Waals surface area (Å²) in [6.07, 6.45) is -0.316. The van der Waals surface area contributed by atoms with Crippen molar-refractivity contribution >= 4 is 11.9 Å². The summed E-state index contributed by atoms with van der Waals surface area (Å²) in [6, 6.07) is 9.16. The van der Waals surface area contributed by atoms with Gasteiger partial charge >= 0.3 is 5.97 Å². The summed E-state index contributed by atoms with van der Waals surface area (Å²) in [5.74, 6) is -1.14. The van der Waals surface area contributed by atoms with Gasteiger partial charge in [0, 0.05) is 13.7 Å². The Labute approximate surface area is 118 Å². The smallest absolute Gasteiger partial charge is 0.309 e. The molecule has 0 aliphatic heterocycles. The van der Waals surface area contributed by atoms with Gasteiger partial charge < -0.3 is 15.2 Å². The molecule has 20 heavy (non-hydrogen) atoms. The molecule has 1 aromatic rings. The number of ether oxygens (including phenoxy) is 1. The van der Waals surface area contributed by atoms with Crippen molar-refractivity contribution in [3.63, 3.8) is 0 Å². The van der Waals surface area contributed by atoms with Crippen molar-refractivity contribution in [3.05, 3.63) is 35.9 Å². The molecule has 0 aliphatic rings. The quantitative estimate of drug-likeness (QED) is 0.800. The average Bonchev–Trinajstić information content (AvgIpc) is 2.40. The van der Waals surface area contributed by atoms with Crippen LogP contribution in [0, 0.1) is 5.41 Å². The van der Waals surface area contributed by atoms with E-state index < -0.39 is 17.5 Å². The number of benzene rings is 1. The van der Waals surface area contributed by atoms with Crippen molar-refractivity contribution in [3.8, 4) is 0 Å². The number of aliphatic carboxylic acids is 1. The van der Waals surface area contributed by atoms with Gasteiger partial charge in [-0.15, -0.1) is 0 Å². The zero-order chi connectivity index (χ0) is 15.2. The van der Waals surface area contributed by atoms with Gasteiger partial charge in [0.1, 0.15) is 0 Å². The molecular weight excluding hydrogens is 258 g/mol. The first kappa shape index (κ1) is 16.2. The molecule has 1 rings (SSSR count). The van der Waals surface area contributed by atoms with Crippen LogP contribution in [0.4, 0.5) is 0 Å². The third-order valence-electron chi connectivity index (χ3n) is 3.20. The second-order valence-electron chi connectivity index (χ2n) is 5.26. The lowest BCUT2D eigenvalue weighted by molar-refractivity contribution is -0.147. The number of hydrogen-bond acceptors (Lipinski definition) is 3. The summed E-state index contributed by atoms with van der Waals surface area (Å²) in [5, 5.41) is 11.7.